The zero-order chi connectivity index (χ0) is 25.2. The van der Waals surface area contributed by atoms with Gasteiger partial charge in [0, 0.05) is 10.6 Å². The first-order chi connectivity index (χ1) is 16.9. The second kappa shape index (κ2) is 12.2. The summed E-state index contributed by atoms with van der Waals surface area (Å²) < 4.78 is 15.8. The molecular formula is C25H22ClN3O6. The molecule has 0 bridgehead atoms. The summed E-state index contributed by atoms with van der Waals surface area (Å²) >= 11 is 5.86. The van der Waals surface area contributed by atoms with E-state index in [0.29, 0.717) is 33.2 Å². The van der Waals surface area contributed by atoms with Crippen LogP contribution in [0, 0.1) is 0 Å². The smallest absolute Gasteiger partial charge is 0.343 e. The van der Waals surface area contributed by atoms with Gasteiger partial charge in [0.15, 0.2) is 11.5 Å². The molecule has 180 valence electrons. The number of carbonyl (C=O) groups is 3. The fourth-order valence-electron chi connectivity index (χ4n) is 2.85. The molecule has 0 fully saturated rings. The van der Waals surface area contributed by atoms with Crippen molar-refractivity contribution in [1.29, 1.82) is 0 Å². The van der Waals surface area contributed by atoms with Crippen LogP contribution in [-0.4, -0.2) is 44.8 Å². The highest BCUT2D eigenvalue weighted by atomic mass is 35.5. The second-order valence-corrected chi connectivity index (χ2v) is 7.45. The number of hydrazone groups is 1. The molecule has 3 aromatic rings. The van der Waals surface area contributed by atoms with Crippen molar-refractivity contribution in [3.63, 3.8) is 0 Å². The van der Waals surface area contributed by atoms with Gasteiger partial charge in [0.25, 0.3) is 11.8 Å². The average Bonchev–Trinajstić information content (AvgIpc) is 2.88. The molecule has 0 aromatic heterocycles. The highest BCUT2D eigenvalue weighted by Gasteiger charge is 2.13. The maximum Gasteiger partial charge on any atom is 0.343 e. The van der Waals surface area contributed by atoms with E-state index in [1.54, 1.807) is 60.7 Å². The summed E-state index contributed by atoms with van der Waals surface area (Å²) in [5, 5.41) is 6.76. The van der Waals surface area contributed by atoms with Crippen molar-refractivity contribution in [3.05, 3.63) is 88.4 Å². The normalized spacial score (nSPS) is 10.5. The van der Waals surface area contributed by atoms with Crippen molar-refractivity contribution in [2.24, 2.45) is 5.10 Å². The number of benzene rings is 3. The van der Waals surface area contributed by atoms with E-state index in [4.69, 9.17) is 25.8 Å². The number of halogens is 1. The first-order valence-corrected chi connectivity index (χ1v) is 10.7. The fraction of sp³-hybridized carbons (Fsp3) is 0.120. The molecule has 0 atom stereocenters. The number of hydrogen-bond acceptors (Lipinski definition) is 7. The summed E-state index contributed by atoms with van der Waals surface area (Å²) in [5.74, 6) is -0.364. The van der Waals surface area contributed by atoms with Crippen LogP contribution in [-0.2, 0) is 4.79 Å². The summed E-state index contributed by atoms with van der Waals surface area (Å²) in [4.78, 5) is 36.4. The SMILES string of the molecule is COc1ccc(C(=O)Oc2ccc(/C=N/NC(=O)CNC(=O)c3cccc(Cl)c3)cc2OC)cc1. The summed E-state index contributed by atoms with van der Waals surface area (Å²) in [7, 11) is 2.97. The minimum absolute atomic E-state index is 0.221. The van der Waals surface area contributed by atoms with Crippen LogP contribution in [0.4, 0.5) is 0 Å². The van der Waals surface area contributed by atoms with Crippen LogP contribution in [0.5, 0.6) is 17.2 Å². The number of hydrogen-bond donors (Lipinski definition) is 2. The van der Waals surface area contributed by atoms with E-state index < -0.39 is 17.8 Å². The minimum Gasteiger partial charge on any atom is -0.497 e. The molecular weight excluding hydrogens is 474 g/mol. The van der Waals surface area contributed by atoms with Crippen LogP contribution in [0.2, 0.25) is 5.02 Å². The first-order valence-electron chi connectivity index (χ1n) is 10.3. The van der Waals surface area contributed by atoms with Crippen LogP contribution >= 0.6 is 11.6 Å². The van der Waals surface area contributed by atoms with E-state index in [9.17, 15) is 14.4 Å². The minimum atomic E-state index is -0.556. The van der Waals surface area contributed by atoms with Crippen molar-refractivity contribution in [2.75, 3.05) is 20.8 Å². The molecule has 2 N–H and O–H groups in total. The van der Waals surface area contributed by atoms with Crippen molar-refractivity contribution in [2.45, 2.75) is 0 Å². The lowest BCUT2D eigenvalue weighted by atomic mass is 10.2. The third-order valence-electron chi connectivity index (χ3n) is 4.62. The third-order valence-corrected chi connectivity index (χ3v) is 4.85. The second-order valence-electron chi connectivity index (χ2n) is 7.01. The van der Waals surface area contributed by atoms with Gasteiger partial charge < -0.3 is 19.5 Å². The van der Waals surface area contributed by atoms with Crippen molar-refractivity contribution in [3.8, 4) is 17.2 Å². The van der Waals surface area contributed by atoms with Gasteiger partial charge in [-0.25, -0.2) is 10.2 Å². The molecule has 0 saturated heterocycles. The van der Waals surface area contributed by atoms with E-state index in [2.05, 4.69) is 15.8 Å². The van der Waals surface area contributed by atoms with E-state index in [0.717, 1.165) is 0 Å². The molecule has 0 aliphatic heterocycles. The highest BCUT2D eigenvalue weighted by molar-refractivity contribution is 6.31. The Morgan fingerprint density at radius 3 is 2.37 bits per heavy atom. The Balaban J connectivity index is 1.54. The molecule has 0 unspecified atom stereocenters. The largest absolute Gasteiger partial charge is 0.497 e. The number of carbonyl (C=O) groups excluding carboxylic acids is 3. The van der Waals surface area contributed by atoms with E-state index in [1.165, 1.54) is 26.5 Å². The molecule has 0 spiro atoms. The Bertz CT molecular complexity index is 1240. The van der Waals surface area contributed by atoms with E-state index in [-0.39, 0.29) is 12.3 Å². The van der Waals surface area contributed by atoms with Crippen LogP contribution < -0.4 is 25.0 Å². The number of amides is 2. The molecule has 9 nitrogen and oxygen atoms in total. The predicted octanol–water partition coefficient (Wildman–Crippen LogP) is 3.46. The number of nitrogens with zero attached hydrogens (tertiary/aromatic N) is 1. The van der Waals surface area contributed by atoms with Gasteiger partial charge in [-0.1, -0.05) is 17.7 Å². The molecule has 35 heavy (non-hydrogen) atoms. The van der Waals surface area contributed by atoms with Gasteiger partial charge in [0.05, 0.1) is 32.5 Å². The number of nitrogens with one attached hydrogen (secondary N) is 2. The maximum absolute atomic E-state index is 12.4. The van der Waals surface area contributed by atoms with Gasteiger partial charge in [0.2, 0.25) is 0 Å². The third kappa shape index (κ3) is 7.31. The van der Waals surface area contributed by atoms with Crippen molar-refractivity contribution < 1.29 is 28.6 Å². The van der Waals surface area contributed by atoms with Crippen LogP contribution in [0.15, 0.2) is 71.8 Å². The Hall–Kier alpha value is -4.37. The quantitative estimate of drug-likeness (QED) is 0.203. The lowest BCUT2D eigenvalue weighted by molar-refractivity contribution is -0.120. The number of esters is 1. The summed E-state index contributed by atoms with van der Waals surface area (Å²) in [6.45, 7) is -0.272. The molecule has 3 aromatic carbocycles. The van der Waals surface area contributed by atoms with Gasteiger partial charge in [-0.05, 0) is 66.2 Å². The molecule has 3 rings (SSSR count). The van der Waals surface area contributed by atoms with Gasteiger partial charge in [-0.3, -0.25) is 9.59 Å². The Kier molecular flexibility index (Phi) is 8.80. The van der Waals surface area contributed by atoms with Crippen molar-refractivity contribution in [1.82, 2.24) is 10.7 Å². The lowest BCUT2D eigenvalue weighted by Gasteiger charge is -2.10. The number of methoxy groups -OCH3 is 2. The van der Waals surface area contributed by atoms with Gasteiger partial charge in [-0.15, -0.1) is 0 Å². The monoisotopic (exact) mass is 495 g/mol. The molecule has 0 aliphatic carbocycles. The first kappa shape index (κ1) is 25.3. The van der Waals surface area contributed by atoms with E-state index >= 15 is 0 Å². The standard InChI is InChI=1S/C25H22ClN3O6/c1-33-20-9-7-17(8-10-20)25(32)35-21-11-6-16(12-22(21)34-2)14-28-29-23(30)15-27-24(31)18-4-3-5-19(26)13-18/h3-14H,15H2,1-2H3,(H,27,31)(H,29,30)/b28-14+. The Labute approximate surface area is 206 Å². The summed E-state index contributed by atoms with van der Waals surface area (Å²) in [6, 6.07) is 17.6. The zero-order valence-corrected chi connectivity index (χ0v) is 19.7. The number of rotatable bonds is 9. The van der Waals surface area contributed by atoms with Crippen LogP contribution in [0.3, 0.4) is 0 Å². The fourth-order valence-corrected chi connectivity index (χ4v) is 3.04. The topological polar surface area (TPSA) is 115 Å². The predicted molar refractivity (Wildman–Crippen MR) is 130 cm³/mol. The zero-order valence-electron chi connectivity index (χ0n) is 18.9. The van der Waals surface area contributed by atoms with Gasteiger partial charge in [0.1, 0.15) is 5.75 Å². The average molecular weight is 496 g/mol. The van der Waals surface area contributed by atoms with Crippen molar-refractivity contribution >= 4 is 35.6 Å². The number of ether oxygens (including phenoxy) is 3. The van der Waals surface area contributed by atoms with E-state index in [1.807, 2.05) is 0 Å². The molecule has 10 heteroatoms. The molecule has 2 amide bonds. The highest BCUT2D eigenvalue weighted by Crippen LogP contribution is 2.28. The molecule has 0 radical (unpaired) electrons. The molecule has 0 heterocycles. The van der Waals surface area contributed by atoms with Crippen LogP contribution in [0.1, 0.15) is 26.3 Å². The molecule has 0 aliphatic rings. The van der Waals surface area contributed by atoms with Gasteiger partial charge in [-0.2, -0.15) is 5.10 Å². The van der Waals surface area contributed by atoms with Gasteiger partial charge >= 0.3 is 5.97 Å². The van der Waals surface area contributed by atoms with Crippen LogP contribution in [0.25, 0.3) is 0 Å². The maximum atomic E-state index is 12.4. The molecule has 0 saturated carbocycles. The lowest BCUT2D eigenvalue weighted by Crippen LogP contribution is -2.34. The summed E-state index contributed by atoms with van der Waals surface area (Å²) in [6.07, 6.45) is 1.38. The Morgan fingerprint density at radius 2 is 1.69 bits per heavy atom. The summed E-state index contributed by atoms with van der Waals surface area (Å²) in [5.41, 5.74) is 3.59. The Morgan fingerprint density at radius 1 is 0.914 bits per heavy atom.